The van der Waals surface area contributed by atoms with Crippen molar-refractivity contribution in [3.8, 4) is 11.3 Å². The molecule has 3 aromatic carbocycles. The van der Waals surface area contributed by atoms with Gasteiger partial charge < -0.3 is 4.42 Å². The first-order chi connectivity index (χ1) is 14.6. The number of fused-ring (bicyclic) bond motifs is 1. The number of para-hydroxylation sites is 1. The van der Waals surface area contributed by atoms with Gasteiger partial charge in [0.05, 0.1) is 10.9 Å². The summed E-state index contributed by atoms with van der Waals surface area (Å²) in [7, 11) is 0. The molecule has 0 saturated carbocycles. The van der Waals surface area contributed by atoms with Crippen molar-refractivity contribution in [3.63, 3.8) is 0 Å². The predicted molar refractivity (Wildman–Crippen MR) is 114 cm³/mol. The average molecular weight is 398 g/mol. The number of nitrogens with one attached hydrogen (secondary N) is 2. The number of hydrazine groups is 1. The van der Waals surface area contributed by atoms with Crippen LogP contribution in [-0.2, 0) is 0 Å². The van der Waals surface area contributed by atoms with Crippen molar-refractivity contribution >= 4 is 22.8 Å². The van der Waals surface area contributed by atoms with Crippen LogP contribution < -0.4 is 16.3 Å². The van der Waals surface area contributed by atoms with Gasteiger partial charge in [-0.3, -0.25) is 25.2 Å². The maximum atomic E-state index is 12.9. The highest BCUT2D eigenvalue weighted by Gasteiger charge is 2.18. The Morgan fingerprint density at radius 1 is 0.767 bits per heavy atom. The molecule has 0 aliphatic rings. The molecule has 0 atom stereocenters. The lowest BCUT2D eigenvalue weighted by atomic mass is 10.0. The third-order valence-corrected chi connectivity index (χ3v) is 4.75. The molecule has 6 nitrogen and oxygen atoms in total. The lowest BCUT2D eigenvalue weighted by molar-refractivity contribution is 0.0847. The summed E-state index contributed by atoms with van der Waals surface area (Å²) in [6, 6.07) is 22.5. The third kappa shape index (κ3) is 3.58. The van der Waals surface area contributed by atoms with Crippen molar-refractivity contribution in [2.75, 3.05) is 0 Å². The standard InChI is InChI=1S/C24H18N2O4/c1-15-20(27)18-13-8-14-19(22(18)30-21(15)16-9-4-2-5-10-16)24(29)26-25-23(28)17-11-6-3-7-12-17/h2-14H,1H3,(H,25,28)(H,26,29). The van der Waals surface area contributed by atoms with Gasteiger partial charge in [-0.2, -0.15) is 0 Å². The summed E-state index contributed by atoms with van der Waals surface area (Å²) < 4.78 is 6.03. The van der Waals surface area contributed by atoms with Crippen molar-refractivity contribution in [2.24, 2.45) is 0 Å². The Labute approximate surface area is 172 Å². The zero-order valence-electron chi connectivity index (χ0n) is 16.1. The molecule has 1 heterocycles. The Bertz CT molecular complexity index is 1300. The fourth-order valence-electron chi connectivity index (χ4n) is 3.20. The van der Waals surface area contributed by atoms with E-state index in [2.05, 4.69) is 10.9 Å². The van der Waals surface area contributed by atoms with Gasteiger partial charge in [0.2, 0.25) is 0 Å². The molecule has 0 unspecified atom stereocenters. The van der Waals surface area contributed by atoms with E-state index in [1.165, 1.54) is 0 Å². The van der Waals surface area contributed by atoms with Crippen molar-refractivity contribution in [1.82, 2.24) is 10.9 Å². The average Bonchev–Trinajstić information content (AvgIpc) is 2.80. The molecule has 0 fully saturated rings. The molecule has 0 saturated heterocycles. The zero-order chi connectivity index (χ0) is 21.1. The van der Waals surface area contributed by atoms with Crippen LogP contribution in [0.3, 0.4) is 0 Å². The van der Waals surface area contributed by atoms with Crippen LogP contribution in [0, 0.1) is 6.92 Å². The molecule has 0 radical (unpaired) electrons. The second-order valence-electron chi connectivity index (χ2n) is 6.71. The summed E-state index contributed by atoms with van der Waals surface area (Å²) in [6.07, 6.45) is 0. The van der Waals surface area contributed by atoms with E-state index in [9.17, 15) is 14.4 Å². The summed E-state index contributed by atoms with van der Waals surface area (Å²) in [5.74, 6) is -0.635. The van der Waals surface area contributed by atoms with Gasteiger partial charge in [-0.05, 0) is 31.2 Å². The highest BCUT2D eigenvalue weighted by Crippen LogP contribution is 2.27. The van der Waals surface area contributed by atoms with E-state index in [0.717, 1.165) is 5.56 Å². The van der Waals surface area contributed by atoms with Gasteiger partial charge in [0, 0.05) is 16.7 Å². The first-order valence-electron chi connectivity index (χ1n) is 9.34. The van der Waals surface area contributed by atoms with Crippen molar-refractivity contribution < 1.29 is 14.0 Å². The Balaban J connectivity index is 1.70. The Hall–Kier alpha value is -4.19. The smallest absolute Gasteiger partial charge is 0.273 e. The molecule has 0 spiro atoms. The Morgan fingerprint density at radius 3 is 2.10 bits per heavy atom. The number of hydrogen-bond donors (Lipinski definition) is 2. The van der Waals surface area contributed by atoms with E-state index in [0.29, 0.717) is 22.3 Å². The molecule has 30 heavy (non-hydrogen) atoms. The monoisotopic (exact) mass is 398 g/mol. The maximum Gasteiger partial charge on any atom is 0.273 e. The van der Waals surface area contributed by atoms with Crippen LogP contribution in [0.2, 0.25) is 0 Å². The molecule has 0 bridgehead atoms. The minimum atomic E-state index is -0.587. The number of carbonyl (C=O) groups excluding carboxylic acids is 2. The quantitative estimate of drug-likeness (QED) is 0.513. The molecule has 148 valence electrons. The SMILES string of the molecule is Cc1c(-c2ccccc2)oc2c(C(=O)NNC(=O)c3ccccc3)cccc2c1=O. The maximum absolute atomic E-state index is 12.9. The molecule has 2 amide bonds. The molecular formula is C24H18N2O4. The summed E-state index contributed by atoms with van der Waals surface area (Å²) in [6.45, 7) is 1.69. The van der Waals surface area contributed by atoms with Gasteiger partial charge in [-0.1, -0.05) is 54.6 Å². The van der Waals surface area contributed by atoms with Crippen LogP contribution in [-0.4, -0.2) is 11.8 Å². The number of benzene rings is 3. The van der Waals surface area contributed by atoms with Gasteiger partial charge in [0.25, 0.3) is 11.8 Å². The number of hydrogen-bond acceptors (Lipinski definition) is 4. The molecule has 4 rings (SSSR count). The van der Waals surface area contributed by atoms with Crippen molar-refractivity contribution in [3.05, 3.63) is 106 Å². The normalized spacial score (nSPS) is 10.6. The lowest BCUT2D eigenvalue weighted by Gasteiger charge is -2.11. The van der Waals surface area contributed by atoms with E-state index in [-0.39, 0.29) is 16.6 Å². The van der Waals surface area contributed by atoms with Crippen molar-refractivity contribution in [1.29, 1.82) is 0 Å². The predicted octanol–water partition coefficient (Wildman–Crippen LogP) is 3.84. The molecular weight excluding hydrogens is 380 g/mol. The largest absolute Gasteiger partial charge is 0.455 e. The number of amides is 2. The van der Waals surface area contributed by atoms with Gasteiger partial charge in [0.15, 0.2) is 11.0 Å². The Kier molecular flexibility index (Phi) is 5.13. The lowest BCUT2D eigenvalue weighted by Crippen LogP contribution is -2.41. The van der Waals surface area contributed by atoms with Crippen LogP contribution in [0.15, 0.2) is 88.1 Å². The van der Waals surface area contributed by atoms with E-state index in [4.69, 9.17) is 4.42 Å². The first kappa shape index (κ1) is 19.1. The van der Waals surface area contributed by atoms with Crippen LogP contribution >= 0.6 is 0 Å². The summed E-state index contributed by atoms with van der Waals surface area (Å²) in [4.78, 5) is 37.8. The number of rotatable bonds is 3. The molecule has 1 aromatic heterocycles. The van der Waals surface area contributed by atoms with Gasteiger partial charge >= 0.3 is 0 Å². The highest BCUT2D eigenvalue weighted by atomic mass is 16.3. The summed E-state index contributed by atoms with van der Waals surface area (Å²) in [5.41, 5.74) is 6.47. The molecule has 0 aliphatic heterocycles. The van der Waals surface area contributed by atoms with Gasteiger partial charge in [0.1, 0.15) is 5.76 Å². The fraction of sp³-hybridized carbons (Fsp3) is 0.0417. The minimum Gasteiger partial charge on any atom is -0.455 e. The van der Waals surface area contributed by atoms with Crippen molar-refractivity contribution in [2.45, 2.75) is 6.92 Å². The van der Waals surface area contributed by atoms with Gasteiger partial charge in [-0.15, -0.1) is 0 Å². The molecule has 6 heteroatoms. The minimum absolute atomic E-state index is 0.148. The molecule has 2 N–H and O–H groups in total. The van der Waals surface area contributed by atoms with Gasteiger partial charge in [-0.25, -0.2) is 0 Å². The highest BCUT2D eigenvalue weighted by molar-refractivity contribution is 6.06. The second-order valence-corrected chi connectivity index (χ2v) is 6.71. The zero-order valence-corrected chi connectivity index (χ0v) is 16.1. The van der Waals surface area contributed by atoms with E-state index < -0.39 is 11.8 Å². The second kappa shape index (κ2) is 8.05. The van der Waals surface area contributed by atoms with Crippen LogP contribution in [0.5, 0.6) is 0 Å². The van der Waals surface area contributed by atoms with Crippen LogP contribution in [0.1, 0.15) is 26.3 Å². The summed E-state index contributed by atoms with van der Waals surface area (Å²) in [5, 5.41) is 0.300. The first-order valence-corrected chi connectivity index (χ1v) is 9.34. The molecule has 4 aromatic rings. The summed E-state index contributed by atoms with van der Waals surface area (Å²) >= 11 is 0. The van der Waals surface area contributed by atoms with Crippen LogP contribution in [0.4, 0.5) is 0 Å². The number of carbonyl (C=O) groups is 2. The third-order valence-electron chi connectivity index (χ3n) is 4.75. The Morgan fingerprint density at radius 2 is 1.40 bits per heavy atom. The fourth-order valence-corrected chi connectivity index (χ4v) is 3.20. The van der Waals surface area contributed by atoms with E-state index >= 15 is 0 Å². The topological polar surface area (TPSA) is 88.4 Å². The molecule has 0 aliphatic carbocycles. The van der Waals surface area contributed by atoms with Crippen LogP contribution in [0.25, 0.3) is 22.3 Å². The van der Waals surface area contributed by atoms with E-state index in [1.807, 2.05) is 30.3 Å². The van der Waals surface area contributed by atoms with E-state index in [1.54, 1.807) is 55.5 Å².